The number of ether oxygens (including phenoxy) is 1. The molecule has 2 rings (SSSR count). The molecule has 21 heavy (non-hydrogen) atoms. The van der Waals surface area contributed by atoms with Gasteiger partial charge in [0.05, 0.1) is 0 Å². The van der Waals surface area contributed by atoms with Crippen LogP contribution < -0.4 is 0 Å². The molecule has 0 bridgehead atoms. The van der Waals surface area contributed by atoms with Crippen molar-refractivity contribution in [3.8, 4) is 0 Å². The number of carboxylic acids is 1. The second-order valence-electron chi connectivity index (χ2n) is 5.43. The molecule has 1 fully saturated rings. The number of aliphatic carboxylic acids is 1. The van der Waals surface area contributed by atoms with Crippen LogP contribution in [-0.4, -0.2) is 45.2 Å². The van der Waals surface area contributed by atoms with Crippen molar-refractivity contribution in [1.29, 1.82) is 0 Å². The minimum absolute atomic E-state index is 0.149. The molecule has 1 saturated heterocycles. The number of carbonyl (C=O) groups excluding carboxylic acids is 1. The monoisotopic (exact) mass is 309 g/mol. The fourth-order valence-corrected chi connectivity index (χ4v) is 3.62. The highest BCUT2D eigenvalue weighted by Crippen LogP contribution is 2.35. The largest absolute Gasteiger partial charge is 0.480 e. The molecule has 0 radical (unpaired) electrons. The average molecular weight is 309 g/mol. The normalized spacial score (nSPS) is 20.9. The molecule has 1 N–H and O–H groups in total. The molecule has 1 aliphatic heterocycles. The molecule has 114 valence electrons. The number of nitrogens with zero attached hydrogens (tertiary/aromatic N) is 1. The fourth-order valence-electron chi connectivity index (χ4n) is 2.42. The van der Waals surface area contributed by atoms with Crippen molar-refractivity contribution in [3.63, 3.8) is 0 Å². The van der Waals surface area contributed by atoms with E-state index in [1.54, 1.807) is 11.8 Å². The summed E-state index contributed by atoms with van der Waals surface area (Å²) >= 11 is 1.56. The van der Waals surface area contributed by atoms with E-state index in [0.717, 1.165) is 5.56 Å². The number of hydrogen-bond acceptors (Lipinski definition) is 4. The first-order valence-electron chi connectivity index (χ1n) is 6.76. The van der Waals surface area contributed by atoms with E-state index in [1.165, 1.54) is 4.90 Å². The Bertz CT molecular complexity index is 518. The number of hydrogen-bond donors (Lipinski definition) is 1. The highest BCUT2D eigenvalue weighted by molar-refractivity contribution is 8.00. The molecule has 0 saturated carbocycles. The van der Waals surface area contributed by atoms with Gasteiger partial charge in [0.1, 0.15) is 12.6 Å². The molecule has 0 unspecified atom stereocenters. The van der Waals surface area contributed by atoms with Gasteiger partial charge in [-0.25, -0.2) is 9.59 Å². The van der Waals surface area contributed by atoms with Gasteiger partial charge in [0.2, 0.25) is 0 Å². The number of carboxylic acid groups (broad SMARTS) is 1. The quantitative estimate of drug-likeness (QED) is 0.929. The standard InChI is InChI=1S/C15H19NO4S/c1-15(2)12(13(17)18)16(8-9-21-15)14(19)20-10-11-6-4-3-5-7-11/h3-7,12H,8-10H2,1-2H3,(H,17,18)/t12-/m0/s1. The minimum Gasteiger partial charge on any atom is -0.480 e. The molecule has 1 heterocycles. The topological polar surface area (TPSA) is 66.8 Å². The molecule has 0 aromatic heterocycles. The van der Waals surface area contributed by atoms with E-state index in [2.05, 4.69) is 0 Å². The van der Waals surface area contributed by atoms with Gasteiger partial charge >= 0.3 is 12.1 Å². The van der Waals surface area contributed by atoms with E-state index in [4.69, 9.17) is 4.74 Å². The third-order valence-electron chi connectivity index (χ3n) is 3.45. The Kier molecular flexibility index (Phi) is 4.77. The zero-order valence-electron chi connectivity index (χ0n) is 12.1. The summed E-state index contributed by atoms with van der Waals surface area (Å²) in [6, 6.07) is 8.46. The van der Waals surface area contributed by atoms with Crippen LogP contribution in [0, 0.1) is 0 Å². The fraction of sp³-hybridized carbons (Fsp3) is 0.467. The number of benzene rings is 1. The predicted molar refractivity (Wildman–Crippen MR) is 81.3 cm³/mol. The van der Waals surface area contributed by atoms with E-state index in [0.29, 0.717) is 12.3 Å². The number of carbonyl (C=O) groups is 2. The molecule has 1 aromatic carbocycles. The van der Waals surface area contributed by atoms with Gasteiger partial charge in [-0.2, -0.15) is 11.8 Å². The second-order valence-corrected chi connectivity index (χ2v) is 7.18. The molecule has 6 heteroatoms. The summed E-state index contributed by atoms with van der Waals surface area (Å²) in [7, 11) is 0. The third-order valence-corrected chi connectivity index (χ3v) is 4.80. The van der Waals surface area contributed by atoms with Crippen molar-refractivity contribution in [2.45, 2.75) is 31.2 Å². The van der Waals surface area contributed by atoms with Gasteiger partial charge in [0, 0.05) is 17.0 Å². The summed E-state index contributed by atoms with van der Waals surface area (Å²) in [5.74, 6) is -0.291. The third kappa shape index (κ3) is 3.69. The van der Waals surface area contributed by atoms with E-state index >= 15 is 0 Å². The summed E-state index contributed by atoms with van der Waals surface area (Å²) in [5, 5.41) is 9.42. The van der Waals surface area contributed by atoms with Crippen LogP contribution in [0.1, 0.15) is 19.4 Å². The van der Waals surface area contributed by atoms with Crippen molar-refractivity contribution in [1.82, 2.24) is 4.90 Å². The van der Waals surface area contributed by atoms with Gasteiger partial charge in [-0.05, 0) is 19.4 Å². The van der Waals surface area contributed by atoms with Crippen LogP contribution in [0.2, 0.25) is 0 Å². The van der Waals surface area contributed by atoms with Crippen LogP contribution in [0.5, 0.6) is 0 Å². The van der Waals surface area contributed by atoms with Crippen molar-refractivity contribution < 1.29 is 19.4 Å². The lowest BCUT2D eigenvalue weighted by atomic mass is 10.0. The van der Waals surface area contributed by atoms with Crippen LogP contribution in [-0.2, 0) is 16.1 Å². The Labute approximate surface area is 128 Å². The summed E-state index contributed by atoms with van der Waals surface area (Å²) in [6.45, 7) is 4.22. The first-order valence-corrected chi connectivity index (χ1v) is 7.74. The van der Waals surface area contributed by atoms with Crippen LogP contribution in [0.25, 0.3) is 0 Å². The molecule has 0 spiro atoms. The zero-order chi connectivity index (χ0) is 15.5. The summed E-state index contributed by atoms with van der Waals surface area (Å²) < 4.78 is 4.72. The Balaban J connectivity index is 2.04. The molecule has 1 amide bonds. The number of rotatable bonds is 3. The van der Waals surface area contributed by atoms with Crippen LogP contribution in [0.3, 0.4) is 0 Å². The minimum atomic E-state index is -0.996. The van der Waals surface area contributed by atoms with Crippen LogP contribution in [0.4, 0.5) is 4.79 Å². The maximum Gasteiger partial charge on any atom is 0.410 e. The number of thioether (sulfide) groups is 1. The number of amides is 1. The van der Waals surface area contributed by atoms with Gasteiger partial charge < -0.3 is 9.84 Å². The summed E-state index contributed by atoms with van der Waals surface area (Å²) in [6.07, 6.45) is -0.570. The van der Waals surface area contributed by atoms with E-state index < -0.39 is 22.9 Å². The Morgan fingerprint density at radius 3 is 2.67 bits per heavy atom. The van der Waals surface area contributed by atoms with Crippen molar-refractivity contribution >= 4 is 23.8 Å². The highest BCUT2D eigenvalue weighted by Gasteiger charge is 2.45. The summed E-state index contributed by atoms with van der Waals surface area (Å²) in [4.78, 5) is 25.0. The maximum atomic E-state index is 12.2. The lowest BCUT2D eigenvalue weighted by Crippen LogP contribution is -2.58. The smallest absolute Gasteiger partial charge is 0.410 e. The Morgan fingerprint density at radius 2 is 2.05 bits per heavy atom. The molecule has 0 aliphatic carbocycles. The highest BCUT2D eigenvalue weighted by atomic mass is 32.2. The molecular formula is C15H19NO4S. The van der Waals surface area contributed by atoms with Gasteiger partial charge in [0.15, 0.2) is 0 Å². The van der Waals surface area contributed by atoms with Gasteiger partial charge in [0.25, 0.3) is 0 Å². The maximum absolute atomic E-state index is 12.2. The molecule has 1 aliphatic rings. The zero-order valence-corrected chi connectivity index (χ0v) is 12.9. The van der Waals surface area contributed by atoms with Crippen molar-refractivity contribution in [3.05, 3.63) is 35.9 Å². The lowest BCUT2D eigenvalue weighted by molar-refractivity contribution is -0.143. The second kappa shape index (κ2) is 6.39. The van der Waals surface area contributed by atoms with E-state index in [9.17, 15) is 14.7 Å². The molecule has 1 atom stereocenters. The summed E-state index contributed by atoms with van der Waals surface area (Å²) in [5.41, 5.74) is 0.878. The Hall–Kier alpha value is -1.69. The predicted octanol–water partition coefficient (Wildman–Crippen LogP) is 2.60. The van der Waals surface area contributed by atoms with Crippen LogP contribution in [0.15, 0.2) is 30.3 Å². The first kappa shape index (κ1) is 15.7. The molecular weight excluding hydrogens is 290 g/mol. The van der Waals surface area contributed by atoms with Gasteiger partial charge in [-0.3, -0.25) is 4.90 Å². The lowest BCUT2D eigenvalue weighted by Gasteiger charge is -2.42. The van der Waals surface area contributed by atoms with Gasteiger partial charge in [-0.1, -0.05) is 30.3 Å². The molecule has 1 aromatic rings. The van der Waals surface area contributed by atoms with E-state index in [1.807, 2.05) is 44.2 Å². The average Bonchev–Trinajstić information content (AvgIpc) is 2.44. The molecule has 5 nitrogen and oxygen atoms in total. The Morgan fingerprint density at radius 1 is 1.38 bits per heavy atom. The first-order chi connectivity index (χ1) is 9.92. The SMILES string of the molecule is CC1(C)SCCN(C(=O)OCc2ccccc2)[C@H]1C(=O)O. The van der Waals surface area contributed by atoms with Gasteiger partial charge in [-0.15, -0.1) is 0 Å². The van der Waals surface area contributed by atoms with E-state index in [-0.39, 0.29) is 6.61 Å². The van der Waals surface area contributed by atoms with Crippen LogP contribution >= 0.6 is 11.8 Å². The van der Waals surface area contributed by atoms with Crippen molar-refractivity contribution in [2.75, 3.05) is 12.3 Å². The van der Waals surface area contributed by atoms with Crippen molar-refractivity contribution in [2.24, 2.45) is 0 Å².